The molecule has 0 heterocycles. The van der Waals surface area contributed by atoms with Gasteiger partial charge in [0.1, 0.15) is 5.84 Å². The fourth-order valence-corrected chi connectivity index (χ4v) is 2.61. The molecule has 4 N–H and O–H groups in total. The van der Waals surface area contributed by atoms with Crippen molar-refractivity contribution in [2.24, 2.45) is 5.73 Å². The Kier molecular flexibility index (Phi) is 3.87. The summed E-state index contributed by atoms with van der Waals surface area (Å²) in [5.41, 5.74) is 7.23. The van der Waals surface area contributed by atoms with Crippen molar-refractivity contribution in [2.75, 3.05) is 11.9 Å². The van der Waals surface area contributed by atoms with Gasteiger partial charge in [-0.1, -0.05) is 12.8 Å². The fourth-order valence-electron chi connectivity index (χ4n) is 2.61. The summed E-state index contributed by atoms with van der Waals surface area (Å²) in [6.45, 7) is 0. The van der Waals surface area contributed by atoms with Crippen LogP contribution in [0.15, 0.2) is 24.3 Å². The van der Waals surface area contributed by atoms with Gasteiger partial charge in [-0.15, -0.1) is 0 Å². The van der Waals surface area contributed by atoms with Gasteiger partial charge in [0, 0.05) is 18.3 Å². The molecular weight excluding hydrogens is 226 g/mol. The topological polar surface area (TPSA) is 73.3 Å². The Morgan fingerprint density at radius 1 is 1.28 bits per heavy atom. The van der Waals surface area contributed by atoms with Gasteiger partial charge in [-0.25, -0.2) is 0 Å². The van der Waals surface area contributed by atoms with Crippen molar-refractivity contribution in [1.82, 2.24) is 0 Å². The van der Waals surface area contributed by atoms with E-state index < -0.39 is 0 Å². The summed E-state index contributed by atoms with van der Waals surface area (Å²) in [4.78, 5) is 2.13. The van der Waals surface area contributed by atoms with Crippen LogP contribution in [-0.2, 0) is 0 Å². The maximum Gasteiger partial charge on any atom is 0.122 e. The molecule has 0 spiro atoms. The molecule has 0 aliphatic heterocycles. The molecule has 4 heteroatoms. The van der Waals surface area contributed by atoms with E-state index >= 15 is 0 Å². The van der Waals surface area contributed by atoms with Crippen molar-refractivity contribution < 1.29 is 5.11 Å². The molecule has 1 fully saturated rings. The number of likely N-dealkylation sites (N-methyl/N-ethyl adjacent to an activating group) is 1. The van der Waals surface area contributed by atoms with Crippen molar-refractivity contribution in [3.05, 3.63) is 29.8 Å². The highest BCUT2D eigenvalue weighted by molar-refractivity contribution is 5.95. The summed E-state index contributed by atoms with van der Waals surface area (Å²) in [7, 11) is 2.02. The Morgan fingerprint density at radius 2 is 1.89 bits per heavy atom. The second kappa shape index (κ2) is 5.40. The Labute approximate surface area is 108 Å². The lowest BCUT2D eigenvalue weighted by Crippen LogP contribution is -2.43. The SMILES string of the molecule is CN(c1ccc(C(=N)N)cc1)C1CCCCC1O. The number of amidine groups is 1. The molecule has 18 heavy (non-hydrogen) atoms. The van der Waals surface area contributed by atoms with Gasteiger partial charge in [0.15, 0.2) is 0 Å². The Bertz CT molecular complexity index is 416. The van der Waals surface area contributed by atoms with Gasteiger partial charge < -0.3 is 15.7 Å². The monoisotopic (exact) mass is 247 g/mol. The number of benzene rings is 1. The minimum atomic E-state index is -0.240. The molecule has 1 aliphatic carbocycles. The van der Waals surface area contributed by atoms with Gasteiger partial charge in [-0.3, -0.25) is 5.41 Å². The van der Waals surface area contributed by atoms with E-state index in [4.69, 9.17) is 11.1 Å². The first kappa shape index (κ1) is 12.9. The Hall–Kier alpha value is -1.55. The molecule has 4 nitrogen and oxygen atoms in total. The summed E-state index contributed by atoms with van der Waals surface area (Å²) in [6, 6.07) is 7.81. The number of aliphatic hydroxyl groups excluding tert-OH is 1. The van der Waals surface area contributed by atoms with Crippen molar-refractivity contribution in [3.8, 4) is 0 Å². The van der Waals surface area contributed by atoms with Crippen LogP contribution < -0.4 is 10.6 Å². The van der Waals surface area contributed by atoms with E-state index in [-0.39, 0.29) is 18.0 Å². The van der Waals surface area contributed by atoms with Crippen LogP contribution in [0.25, 0.3) is 0 Å². The van der Waals surface area contributed by atoms with Gasteiger partial charge in [0.05, 0.1) is 12.1 Å². The third-order valence-electron chi connectivity index (χ3n) is 3.78. The predicted octanol–water partition coefficient (Wildman–Crippen LogP) is 1.71. The van der Waals surface area contributed by atoms with E-state index in [2.05, 4.69) is 4.90 Å². The second-order valence-electron chi connectivity index (χ2n) is 4.99. The molecule has 1 aromatic carbocycles. The number of anilines is 1. The second-order valence-corrected chi connectivity index (χ2v) is 4.99. The van der Waals surface area contributed by atoms with E-state index in [1.54, 1.807) is 0 Å². The number of hydrogen-bond acceptors (Lipinski definition) is 3. The van der Waals surface area contributed by atoms with E-state index in [9.17, 15) is 5.11 Å². The molecule has 2 rings (SSSR count). The maximum atomic E-state index is 10.0. The minimum absolute atomic E-state index is 0.0851. The van der Waals surface area contributed by atoms with Crippen LogP contribution in [0, 0.1) is 5.41 Å². The highest BCUT2D eigenvalue weighted by Gasteiger charge is 2.26. The van der Waals surface area contributed by atoms with Crippen LogP contribution in [0.3, 0.4) is 0 Å². The van der Waals surface area contributed by atoms with Crippen molar-refractivity contribution in [2.45, 2.75) is 37.8 Å². The lowest BCUT2D eigenvalue weighted by Gasteiger charge is -2.36. The van der Waals surface area contributed by atoms with Gasteiger partial charge in [-0.05, 0) is 37.1 Å². The summed E-state index contributed by atoms with van der Waals surface area (Å²) >= 11 is 0. The summed E-state index contributed by atoms with van der Waals surface area (Å²) in [6.07, 6.45) is 3.98. The van der Waals surface area contributed by atoms with Crippen LogP contribution in [0.2, 0.25) is 0 Å². The normalized spacial score (nSPS) is 23.7. The number of nitrogens with one attached hydrogen (secondary N) is 1. The van der Waals surface area contributed by atoms with Gasteiger partial charge in [0.25, 0.3) is 0 Å². The number of nitrogen functional groups attached to an aromatic ring is 1. The molecule has 98 valence electrons. The molecule has 1 saturated carbocycles. The molecule has 0 aromatic heterocycles. The minimum Gasteiger partial charge on any atom is -0.391 e. The molecule has 2 atom stereocenters. The van der Waals surface area contributed by atoms with Crippen molar-refractivity contribution in [1.29, 1.82) is 5.41 Å². The zero-order valence-electron chi connectivity index (χ0n) is 10.8. The molecule has 2 unspecified atom stereocenters. The predicted molar refractivity (Wildman–Crippen MR) is 74.1 cm³/mol. The maximum absolute atomic E-state index is 10.0. The highest BCUT2D eigenvalue weighted by atomic mass is 16.3. The zero-order chi connectivity index (χ0) is 13.1. The van der Waals surface area contributed by atoms with Gasteiger partial charge in [0.2, 0.25) is 0 Å². The number of hydrogen-bond donors (Lipinski definition) is 3. The molecule has 0 radical (unpaired) electrons. The average molecular weight is 247 g/mol. The smallest absolute Gasteiger partial charge is 0.122 e. The first-order valence-corrected chi connectivity index (χ1v) is 6.45. The van der Waals surface area contributed by atoms with E-state index in [1.165, 1.54) is 6.42 Å². The van der Waals surface area contributed by atoms with Crippen molar-refractivity contribution >= 4 is 11.5 Å². The number of nitrogens with zero attached hydrogens (tertiary/aromatic N) is 1. The molecule has 0 saturated heterocycles. The van der Waals surface area contributed by atoms with Crippen LogP contribution in [0.5, 0.6) is 0 Å². The van der Waals surface area contributed by atoms with Gasteiger partial charge >= 0.3 is 0 Å². The largest absolute Gasteiger partial charge is 0.391 e. The quantitative estimate of drug-likeness (QED) is 0.562. The van der Waals surface area contributed by atoms with Crippen LogP contribution in [0.1, 0.15) is 31.2 Å². The molecule has 1 aromatic rings. The molecular formula is C14H21N3O. The van der Waals surface area contributed by atoms with Crippen molar-refractivity contribution in [3.63, 3.8) is 0 Å². The van der Waals surface area contributed by atoms with Crippen LogP contribution >= 0.6 is 0 Å². The highest BCUT2D eigenvalue weighted by Crippen LogP contribution is 2.26. The number of nitrogens with two attached hydrogens (primary N) is 1. The zero-order valence-corrected chi connectivity index (χ0v) is 10.8. The lowest BCUT2D eigenvalue weighted by atomic mass is 9.91. The standard InChI is InChI=1S/C14H21N3O/c1-17(12-4-2-3-5-13(12)18)11-8-6-10(7-9-11)14(15)16/h6-9,12-13,18H,2-5H2,1H3,(H3,15,16). The van der Waals surface area contributed by atoms with Crippen LogP contribution in [0.4, 0.5) is 5.69 Å². The summed E-state index contributed by atoms with van der Waals surface area (Å²) in [5.74, 6) is 0.0851. The van der Waals surface area contributed by atoms with E-state index in [0.717, 1.165) is 30.5 Å². The van der Waals surface area contributed by atoms with Gasteiger partial charge in [-0.2, -0.15) is 0 Å². The first-order valence-electron chi connectivity index (χ1n) is 6.45. The summed E-state index contributed by atoms with van der Waals surface area (Å²) < 4.78 is 0. The first-order chi connectivity index (χ1) is 8.59. The third kappa shape index (κ3) is 2.64. The Balaban J connectivity index is 2.12. The lowest BCUT2D eigenvalue weighted by molar-refractivity contribution is 0.106. The average Bonchev–Trinajstić information content (AvgIpc) is 2.38. The molecule has 0 amide bonds. The third-order valence-corrected chi connectivity index (χ3v) is 3.78. The number of aliphatic hydroxyl groups is 1. The number of rotatable bonds is 3. The molecule has 0 bridgehead atoms. The van der Waals surface area contributed by atoms with E-state index in [1.807, 2.05) is 31.3 Å². The summed E-state index contributed by atoms with van der Waals surface area (Å²) in [5, 5.41) is 17.4. The fraction of sp³-hybridized carbons (Fsp3) is 0.500. The van der Waals surface area contributed by atoms with Crippen LogP contribution in [-0.4, -0.2) is 30.1 Å². The molecule has 1 aliphatic rings. The van der Waals surface area contributed by atoms with E-state index in [0.29, 0.717) is 0 Å². The Morgan fingerprint density at radius 3 is 2.44 bits per heavy atom.